The number of benzene rings is 2. The lowest BCUT2D eigenvalue weighted by atomic mass is 10.00. The van der Waals surface area contributed by atoms with Crippen LogP contribution in [0.25, 0.3) is 22.0 Å². The van der Waals surface area contributed by atoms with Crippen molar-refractivity contribution in [2.24, 2.45) is 0 Å². The van der Waals surface area contributed by atoms with E-state index < -0.39 is 0 Å². The van der Waals surface area contributed by atoms with Crippen molar-refractivity contribution in [2.75, 3.05) is 19.0 Å². The van der Waals surface area contributed by atoms with E-state index in [1.807, 2.05) is 24.3 Å². The third kappa shape index (κ3) is 3.68. The van der Waals surface area contributed by atoms with Crippen LogP contribution in [0.4, 0.5) is 5.69 Å². The van der Waals surface area contributed by atoms with Gasteiger partial charge in [0, 0.05) is 47.6 Å². The van der Waals surface area contributed by atoms with E-state index in [1.54, 1.807) is 13.3 Å². The van der Waals surface area contributed by atoms with E-state index in [9.17, 15) is 0 Å². The summed E-state index contributed by atoms with van der Waals surface area (Å²) in [7, 11) is 1.67. The average Bonchev–Trinajstić information content (AvgIpc) is 2.67. The highest BCUT2D eigenvalue weighted by Gasteiger charge is 2.10. The molecular formula is C21H19N3O. The highest BCUT2D eigenvalue weighted by molar-refractivity contribution is 5.98. The number of rotatable bonds is 6. The average molecular weight is 329 g/mol. The largest absolute Gasteiger partial charge is 0.380 e. The zero-order chi connectivity index (χ0) is 17.6. The Hall–Kier alpha value is -3.16. The molecule has 0 aliphatic carbocycles. The maximum Gasteiger partial charge on any atom is 0.0959 e. The van der Waals surface area contributed by atoms with Crippen LogP contribution in [-0.2, 0) is 11.3 Å². The fourth-order valence-electron chi connectivity index (χ4n) is 2.78. The SMILES string of the molecule is C=C(C#N)CNc1c(COC)ccc2ccc(-c3ccccn3)cc12. The second kappa shape index (κ2) is 7.61. The van der Waals surface area contributed by atoms with Crippen molar-refractivity contribution in [3.63, 3.8) is 0 Å². The highest BCUT2D eigenvalue weighted by atomic mass is 16.5. The number of nitrogens with zero attached hydrogens (tertiary/aromatic N) is 2. The quantitative estimate of drug-likeness (QED) is 0.675. The number of hydrogen-bond acceptors (Lipinski definition) is 4. The molecule has 0 saturated heterocycles. The molecule has 4 heteroatoms. The summed E-state index contributed by atoms with van der Waals surface area (Å²) in [5.74, 6) is 0. The van der Waals surface area contributed by atoms with Gasteiger partial charge in [-0.2, -0.15) is 5.26 Å². The van der Waals surface area contributed by atoms with Crippen molar-refractivity contribution >= 4 is 16.5 Å². The van der Waals surface area contributed by atoms with Crippen molar-refractivity contribution in [3.8, 4) is 17.3 Å². The Morgan fingerprint density at radius 3 is 2.80 bits per heavy atom. The lowest BCUT2D eigenvalue weighted by Crippen LogP contribution is -2.06. The minimum Gasteiger partial charge on any atom is -0.380 e. The Balaban J connectivity index is 2.11. The number of nitriles is 1. The van der Waals surface area contributed by atoms with E-state index in [0.29, 0.717) is 18.7 Å². The van der Waals surface area contributed by atoms with Gasteiger partial charge in [-0.05, 0) is 23.6 Å². The monoisotopic (exact) mass is 329 g/mol. The van der Waals surface area contributed by atoms with Gasteiger partial charge >= 0.3 is 0 Å². The molecule has 4 nitrogen and oxygen atoms in total. The molecule has 0 unspecified atom stereocenters. The standard InChI is InChI=1S/C21H19N3O/c1-15(12-22)13-24-21-18(14-25-2)9-7-16-6-8-17(11-19(16)21)20-5-3-4-10-23-20/h3-11,24H,1,13-14H2,2H3. The molecule has 0 bridgehead atoms. The van der Waals surface area contributed by atoms with Gasteiger partial charge in [0.2, 0.25) is 0 Å². The Kier molecular flexibility index (Phi) is 5.08. The molecular weight excluding hydrogens is 310 g/mol. The maximum absolute atomic E-state index is 8.97. The molecule has 0 saturated carbocycles. The van der Waals surface area contributed by atoms with E-state index in [-0.39, 0.29) is 0 Å². The first-order valence-corrected chi connectivity index (χ1v) is 8.00. The van der Waals surface area contributed by atoms with Crippen molar-refractivity contribution in [1.82, 2.24) is 4.98 Å². The molecule has 3 rings (SSSR count). The lowest BCUT2D eigenvalue weighted by molar-refractivity contribution is 0.185. The Bertz CT molecular complexity index is 943. The van der Waals surface area contributed by atoms with Crippen LogP contribution in [0.3, 0.4) is 0 Å². The summed E-state index contributed by atoms with van der Waals surface area (Å²) in [6, 6.07) is 18.3. The molecule has 1 aromatic heterocycles. The van der Waals surface area contributed by atoms with Gasteiger partial charge < -0.3 is 10.1 Å². The molecule has 1 heterocycles. The van der Waals surface area contributed by atoms with Crippen LogP contribution in [-0.4, -0.2) is 18.6 Å². The van der Waals surface area contributed by atoms with Gasteiger partial charge in [-0.25, -0.2) is 0 Å². The number of pyridine rings is 1. The van der Waals surface area contributed by atoms with Crippen LogP contribution in [0, 0.1) is 11.3 Å². The zero-order valence-corrected chi connectivity index (χ0v) is 14.1. The first-order valence-electron chi connectivity index (χ1n) is 8.00. The van der Waals surface area contributed by atoms with Crippen LogP contribution in [0.15, 0.2) is 66.9 Å². The summed E-state index contributed by atoms with van der Waals surface area (Å²) in [4.78, 5) is 4.43. The topological polar surface area (TPSA) is 57.9 Å². The van der Waals surface area contributed by atoms with E-state index in [0.717, 1.165) is 33.3 Å². The lowest BCUT2D eigenvalue weighted by Gasteiger charge is -2.15. The summed E-state index contributed by atoms with van der Waals surface area (Å²) < 4.78 is 5.33. The third-order valence-electron chi connectivity index (χ3n) is 4.00. The summed E-state index contributed by atoms with van der Waals surface area (Å²) in [6.07, 6.45) is 1.79. The van der Waals surface area contributed by atoms with Gasteiger partial charge in [0.1, 0.15) is 0 Å². The predicted octanol–water partition coefficient (Wildman–Crippen LogP) is 4.54. The minimum atomic E-state index is 0.403. The first-order chi connectivity index (χ1) is 12.2. The Morgan fingerprint density at radius 1 is 1.24 bits per heavy atom. The summed E-state index contributed by atoms with van der Waals surface area (Å²) in [5.41, 5.74) is 4.47. The van der Waals surface area contributed by atoms with Gasteiger partial charge in [0.25, 0.3) is 0 Å². The predicted molar refractivity (Wildman–Crippen MR) is 101 cm³/mol. The molecule has 2 aromatic carbocycles. The minimum absolute atomic E-state index is 0.403. The van der Waals surface area contributed by atoms with Crippen LogP contribution < -0.4 is 5.32 Å². The molecule has 0 aliphatic heterocycles. The van der Waals surface area contributed by atoms with Gasteiger partial charge in [0.05, 0.1) is 18.4 Å². The molecule has 0 aliphatic rings. The number of anilines is 1. The number of methoxy groups -OCH3 is 1. The number of hydrogen-bond donors (Lipinski definition) is 1. The van der Waals surface area contributed by atoms with Crippen LogP contribution in [0.1, 0.15) is 5.56 Å². The summed E-state index contributed by atoms with van der Waals surface area (Å²) >= 11 is 0. The van der Waals surface area contributed by atoms with E-state index in [4.69, 9.17) is 10.00 Å². The van der Waals surface area contributed by atoms with Gasteiger partial charge in [-0.15, -0.1) is 0 Å². The molecule has 0 fully saturated rings. The molecule has 124 valence electrons. The normalized spacial score (nSPS) is 10.4. The van der Waals surface area contributed by atoms with Crippen LogP contribution >= 0.6 is 0 Å². The Labute approximate surface area is 147 Å². The van der Waals surface area contributed by atoms with E-state index >= 15 is 0 Å². The number of nitrogens with one attached hydrogen (secondary N) is 1. The van der Waals surface area contributed by atoms with Crippen LogP contribution in [0.5, 0.6) is 0 Å². The fourth-order valence-corrected chi connectivity index (χ4v) is 2.78. The molecule has 1 N–H and O–H groups in total. The second-order valence-corrected chi connectivity index (χ2v) is 5.75. The van der Waals surface area contributed by atoms with Gasteiger partial charge in [-0.1, -0.05) is 36.9 Å². The molecule has 25 heavy (non-hydrogen) atoms. The van der Waals surface area contributed by atoms with Crippen molar-refractivity contribution in [1.29, 1.82) is 5.26 Å². The smallest absolute Gasteiger partial charge is 0.0959 e. The molecule has 0 amide bonds. The number of fused-ring (bicyclic) bond motifs is 1. The second-order valence-electron chi connectivity index (χ2n) is 5.75. The highest BCUT2D eigenvalue weighted by Crippen LogP contribution is 2.32. The first kappa shape index (κ1) is 16.7. The maximum atomic E-state index is 8.97. The van der Waals surface area contributed by atoms with Crippen molar-refractivity contribution in [3.05, 3.63) is 72.4 Å². The van der Waals surface area contributed by atoms with E-state index in [2.05, 4.69) is 47.2 Å². The summed E-state index contributed by atoms with van der Waals surface area (Å²) in [5, 5.41) is 14.5. The molecule has 0 spiro atoms. The van der Waals surface area contributed by atoms with Crippen LogP contribution in [0.2, 0.25) is 0 Å². The van der Waals surface area contributed by atoms with Gasteiger partial charge in [0.15, 0.2) is 0 Å². The molecule has 0 atom stereocenters. The molecule has 3 aromatic rings. The fraction of sp³-hybridized carbons (Fsp3) is 0.143. The van der Waals surface area contributed by atoms with Crippen molar-refractivity contribution < 1.29 is 4.74 Å². The number of aromatic nitrogens is 1. The summed E-state index contributed by atoms with van der Waals surface area (Å²) in [6.45, 7) is 4.64. The zero-order valence-electron chi connectivity index (χ0n) is 14.1. The van der Waals surface area contributed by atoms with Crippen molar-refractivity contribution in [2.45, 2.75) is 6.61 Å². The Morgan fingerprint density at radius 2 is 2.08 bits per heavy atom. The molecule has 0 radical (unpaired) electrons. The van der Waals surface area contributed by atoms with Gasteiger partial charge in [-0.3, -0.25) is 4.98 Å². The number of ether oxygens (including phenoxy) is 1. The van der Waals surface area contributed by atoms with E-state index in [1.165, 1.54) is 0 Å². The third-order valence-corrected chi connectivity index (χ3v) is 4.00.